The molecule has 0 aromatic rings. The minimum Gasteiger partial charge on any atom is -0.393 e. The summed E-state index contributed by atoms with van der Waals surface area (Å²) in [5.74, 6) is 8.59. The number of hydrogen-bond donors (Lipinski definition) is 1. The van der Waals surface area contributed by atoms with Crippen molar-refractivity contribution in [2.75, 3.05) is 0 Å². The monoisotopic (exact) mass is 482 g/mol. The van der Waals surface area contributed by atoms with Crippen molar-refractivity contribution in [3.63, 3.8) is 0 Å². The van der Waals surface area contributed by atoms with Gasteiger partial charge in [-0.15, -0.1) is 0 Å². The molecule has 2 bridgehead atoms. The van der Waals surface area contributed by atoms with E-state index in [1.807, 2.05) is 0 Å². The third kappa shape index (κ3) is 4.19. The quantitative estimate of drug-likeness (QED) is 0.423. The smallest absolute Gasteiger partial charge is 0.0543 e. The molecule has 0 radical (unpaired) electrons. The van der Waals surface area contributed by atoms with Crippen molar-refractivity contribution in [2.45, 2.75) is 143 Å². The molecule has 35 heavy (non-hydrogen) atoms. The summed E-state index contributed by atoms with van der Waals surface area (Å²) in [6.07, 6.45) is 23.1. The van der Waals surface area contributed by atoms with Crippen LogP contribution in [0.4, 0.5) is 0 Å². The van der Waals surface area contributed by atoms with Gasteiger partial charge in [0.15, 0.2) is 0 Å². The van der Waals surface area contributed by atoms with Crippen LogP contribution in [0.25, 0.3) is 0 Å². The molecule has 0 aliphatic heterocycles. The minimum absolute atomic E-state index is 0.00996. The highest BCUT2D eigenvalue weighted by atomic mass is 16.3. The highest BCUT2D eigenvalue weighted by Crippen LogP contribution is 2.68. The molecule has 0 saturated heterocycles. The van der Waals surface area contributed by atoms with Gasteiger partial charge in [0.1, 0.15) is 0 Å². The fourth-order valence-electron chi connectivity index (χ4n) is 13.2. The molecule has 3 unspecified atom stereocenters. The third-order valence-corrected chi connectivity index (χ3v) is 14.3. The van der Waals surface area contributed by atoms with Crippen molar-refractivity contribution >= 4 is 0 Å². The molecule has 0 aromatic carbocycles. The lowest BCUT2D eigenvalue weighted by Gasteiger charge is -2.61. The maximum Gasteiger partial charge on any atom is 0.0543 e. The Kier molecular flexibility index (Phi) is 6.51. The fourth-order valence-corrected chi connectivity index (χ4v) is 13.2. The van der Waals surface area contributed by atoms with E-state index in [1.54, 1.807) is 6.42 Å². The number of aliphatic hydroxyl groups excluding tert-OH is 1. The van der Waals surface area contributed by atoms with E-state index in [2.05, 4.69) is 34.6 Å². The second-order valence-corrected chi connectivity index (χ2v) is 16.5. The number of aliphatic hydroxyl groups is 1. The molecule has 0 aromatic heterocycles. The van der Waals surface area contributed by atoms with Gasteiger partial charge in [-0.05, 0) is 172 Å². The van der Waals surface area contributed by atoms with Gasteiger partial charge in [-0.1, -0.05) is 34.6 Å². The maximum atomic E-state index is 10.4. The Morgan fingerprint density at radius 3 is 2.20 bits per heavy atom. The zero-order valence-electron chi connectivity index (χ0n) is 24.0. The second-order valence-electron chi connectivity index (χ2n) is 16.5. The van der Waals surface area contributed by atoms with Crippen LogP contribution in [0.5, 0.6) is 0 Å². The van der Waals surface area contributed by atoms with Crippen LogP contribution in [-0.2, 0) is 0 Å². The van der Waals surface area contributed by atoms with Crippen molar-refractivity contribution < 1.29 is 5.11 Å². The third-order valence-electron chi connectivity index (χ3n) is 14.3. The first-order valence-electron chi connectivity index (χ1n) is 16.3. The molecule has 11 atom stereocenters. The highest BCUT2D eigenvalue weighted by Gasteiger charge is 2.60. The zero-order chi connectivity index (χ0) is 24.6. The van der Waals surface area contributed by atoms with E-state index in [9.17, 15) is 5.11 Å². The Bertz CT molecular complexity index is 753. The number of fused-ring (bicyclic) bond motifs is 7. The van der Waals surface area contributed by atoms with E-state index >= 15 is 0 Å². The Hall–Kier alpha value is -0.0400. The van der Waals surface area contributed by atoms with Gasteiger partial charge in [0.2, 0.25) is 0 Å². The van der Waals surface area contributed by atoms with Gasteiger partial charge in [-0.25, -0.2) is 0 Å². The van der Waals surface area contributed by atoms with Crippen LogP contribution in [0.3, 0.4) is 0 Å². The van der Waals surface area contributed by atoms with E-state index in [4.69, 9.17) is 0 Å². The summed E-state index contributed by atoms with van der Waals surface area (Å²) in [5, 5.41) is 10.4. The molecule has 1 nitrogen and oxygen atoms in total. The van der Waals surface area contributed by atoms with E-state index in [0.29, 0.717) is 16.2 Å². The van der Waals surface area contributed by atoms with Crippen molar-refractivity contribution in [3.8, 4) is 0 Å². The van der Waals surface area contributed by atoms with Crippen LogP contribution in [0.1, 0.15) is 137 Å². The molecular formula is C34H58O. The molecule has 0 heterocycles. The lowest BCUT2D eigenvalue weighted by molar-refractivity contribution is -0.129. The molecule has 6 fully saturated rings. The van der Waals surface area contributed by atoms with E-state index in [-0.39, 0.29) is 6.10 Å². The van der Waals surface area contributed by atoms with Crippen LogP contribution in [0.2, 0.25) is 0 Å². The molecule has 6 aliphatic rings. The molecule has 0 spiro atoms. The predicted octanol–water partition coefficient (Wildman–Crippen LogP) is 9.28. The van der Waals surface area contributed by atoms with Crippen LogP contribution < -0.4 is 0 Å². The minimum atomic E-state index is -0.00996. The SMILES string of the molecule is CC1CC2CC(C)CC(CC[C@@H](C)[C@H]3CC[C@H]4[C@@H]5CCC6C[C@@H](O)CC[C@]6(C)[C@H]5CC[C@]34C)(C1)C2. The van der Waals surface area contributed by atoms with Crippen LogP contribution in [0.15, 0.2) is 0 Å². The van der Waals surface area contributed by atoms with Gasteiger partial charge in [0.05, 0.1) is 6.10 Å². The van der Waals surface area contributed by atoms with Crippen molar-refractivity contribution in [3.05, 3.63) is 0 Å². The Labute approximate surface area is 218 Å². The standard InChI is InChI=1S/C34H58O/c1-22-16-25-17-23(2)20-34(19-22,21-25)15-10-24(3)29-8-9-30-28-7-6-26-18-27(35)11-13-32(26,4)31(28)12-14-33(29,30)5/h22-31,35H,6-21H2,1-5H3/t22?,23?,24-,25?,26?,27+,28+,29-,30+,31+,32+,33-,34?/m1/s1. The lowest BCUT2D eigenvalue weighted by Crippen LogP contribution is -2.54. The fraction of sp³-hybridized carbons (Fsp3) is 1.00. The molecule has 6 saturated carbocycles. The Morgan fingerprint density at radius 2 is 1.46 bits per heavy atom. The van der Waals surface area contributed by atoms with Gasteiger partial charge in [-0.3, -0.25) is 0 Å². The number of rotatable bonds is 4. The molecule has 6 rings (SSSR count). The first-order valence-corrected chi connectivity index (χ1v) is 16.3. The highest BCUT2D eigenvalue weighted by molar-refractivity contribution is 5.10. The Morgan fingerprint density at radius 1 is 0.771 bits per heavy atom. The maximum absolute atomic E-state index is 10.4. The molecule has 200 valence electrons. The van der Waals surface area contributed by atoms with Crippen molar-refractivity contribution in [1.29, 1.82) is 0 Å². The normalized spacial score (nSPS) is 56.6. The van der Waals surface area contributed by atoms with Crippen molar-refractivity contribution in [1.82, 2.24) is 0 Å². The van der Waals surface area contributed by atoms with Gasteiger partial charge >= 0.3 is 0 Å². The van der Waals surface area contributed by atoms with Crippen LogP contribution in [0, 0.1) is 69.5 Å². The van der Waals surface area contributed by atoms with Gasteiger partial charge in [-0.2, -0.15) is 0 Å². The zero-order valence-corrected chi connectivity index (χ0v) is 24.0. The second kappa shape index (κ2) is 9.02. The molecule has 1 heteroatoms. The average molecular weight is 483 g/mol. The molecule has 6 aliphatic carbocycles. The summed E-state index contributed by atoms with van der Waals surface area (Å²) in [6, 6.07) is 0. The predicted molar refractivity (Wildman–Crippen MR) is 147 cm³/mol. The lowest BCUT2D eigenvalue weighted by atomic mass is 9.44. The average Bonchev–Trinajstić information content (AvgIpc) is 3.14. The van der Waals surface area contributed by atoms with Gasteiger partial charge < -0.3 is 5.11 Å². The van der Waals surface area contributed by atoms with Crippen LogP contribution >= 0.6 is 0 Å². The van der Waals surface area contributed by atoms with Gasteiger partial charge in [0.25, 0.3) is 0 Å². The summed E-state index contributed by atoms with van der Waals surface area (Å²) < 4.78 is 0. The summed E-state index contributed by atoms with van der Waals surface area (Å²) in [4.78, 5) is 0. The Balaban J connectivity index is 1.13. The first kappa shape index (κ1) is 25.2. The van der Waals surface area contributed by atoms with E-state index in [1.165, 1.54) is 83.5 Å². The molecule has 1 N–H and O–H groups in total. The van der Waals surface area contributed by atoms with Crippen molar-refractivity contribution in [2.24, 2.45) is 69.5 Å². The topological polar surface area (TPSA) is 20.2 Å². The van der Waals surface area contributed by atoms with E-state index < -0.39 is 0 Å². The van der Waals surface area contributed by atoms with Crippen LogP contribution in [-0.4, -0.2) is 11.2 Å². The summed E-state index contributed by atoms with van der Waals surface area (Å²) >= 11 is 0. The molecule has 0 amide bonds. The van der Waals surface area contributed by atoms with E-state index in [0.717, 1.165) is 66.1 Å². The summed E-state index contributed by atoms with van der Waals surface area (Å²) in [5.41, 5.74) is 1.83. The summed E-state index contributed by atoms with van der Waals surface area (Å²) in [6.45, 7) is 13.2. The number of hydrogen-bond acceptors (Lipinski definition) is 1. The van der Waals surface area contributed by atoms with Gasteiger partial charge in [0, 0.05) is 0 Å². The molecular weight excluding hydrogens is 424 g/mol. The largest absolute Gasteiger partial charge is 0.393 e. The summed E-state index contributed by atoms with van der Waals surface area (Å²) in [7, 11) is 0. The first-order chi connectivity index (χ1) is 16.6.